The SMILES string of the molecule is O=C(O)CN(C(=O)c1cc([N+](=O)[O-])ccc1F)C1CC1. The Hall–Kier alpha value is -2.51. The summed E-state index contributed by atoms with van der Waals surface area (Å²) in [5.41, 5.74) is -0.895. The third-order valence-electron chi connectivity index (χ3n) is 2.95. The average molecular weight is 282 g/mol. The summed E-state index contributed by atoms with van der Waals surface area (Å²) < 4.78 is 13.6. The molecular weight excluding hydrogens is 271 g/mol. The first-order valence-corrected chi connectivity index (χ1v) is 5.87. The van der Waals surface area contributed by atoms with Crippen molar-refractivity contribution in [1.82, 2.24) is 4.90 Å². The molecule has 20 heavy (non-hydrogen) atoms. The average Bonchev–Trinajstić information content (AvgIpc) is 3.19. The number of hydrogen-bond donors (Lipinski definition) is 1. The van der Waals surface area contributed by atoms with Gasteiger partial charge in [-0.1, -0.05) is 0 Å². The van der Waals surface area contributed by atoms with Crippen molar-refractivity contribution >= 4 is 17.6 Å². The van der Waals surface area contributed by atoms with Crippen molar-refractivity contribution < 1.29 is 24.0 Å². The number of hydrogen-bond acceptors (Lipinski definition) is 4. The lowest BCUT2D eigenvalue weighted by Crippen LogP contribution is -2.37. The maximum atomic E-state index is 13.6. The predicted molar refractivity (Wildman–Crippen MR) is 64.7 cm³/mol. The highest BCUT2D eigenvalue weighted by atomic mass is 19.1. The number of carbonyl (C=O) groups is 2. The Kier molecular flexibility index (Phi) is 3.64. The molecule has 1 aliphatic rings. The number of non-ortho nitro benzene ring substituents is 1. The standard InChI is InChI=1S/C12H11FN2O5/c13-10-4-3-8(15(19)20)5-9(10)12(18)14(6-11(16)17)7-1-2-7/h3-5,7H,1-2,6H2,(H,16,17). The highest BCUT2D eigenvalue weighted by Gasteiger charge is 2.35. The first-order valence-electron chi connectivity index (χ1n) is 5.87. The van der Waals surface area contributed by atoms with Gasteiger partial charge in [-0.25, -0.2) is 4.39 Å². The molecule has 8 heteroatoms. The number of carbonyl (C=O) groups excluding carboxylic acids is 1. The Morgan fingerprint density at radius 2 is 2.10 bits per heavy atom. The van der Waals surface area contributed by atoms with Crippen LogP contribution in [0.15, 0.2) is 18.2 Å². The van der Waals surface area contributed by atoms with E-state index in [9.17, 15) is 24.1 Å². The van der Waals surface area contributed by atoms with Crippen molar-refractivity contribution in [2.75, 3.05) is 6.54 Å². The monoisotopic (exact) mass is 282 g/mol. The van der Waals surface area contributed by atoms with Crippen molar-refractivity contribution in [2.24, 2.45) is 0 Å². The molecule has 1 amide bonds. The maximum absolute atomic E-state index is 13.6. The van der Waals surface area contributed by atoms with E-state index in [1.165, 1.54) is 0 Å². The van der Waals surface area contributed by atoms with Gasteiger partial charge in [0.25, 0.3) is 11.6 Å². The number of carboxylic acids is 1. The molecule has 0 unspecified atom stereocenters. The minimum atomic E-state index is -1.21. The Balaban J connectivity index is 2.33. The quantitative estimate of drug-likeness (QED) is 0.650. The lowest BCUT2D eigenvalue weighted by molar-refractivity contribution is -0.384. The van der Waals surface area contributed by atoms with Crippen LogP contribution in [0.25, 0.3) is 0 Å². The number of nitro groups is 1. The summed E-state index contributed by atoms with van der Waals surface area (Å²) in [6.07, 6.45) is 1.30. The Morgan fingerprint density at radius 3 is 2.60 bits per heavy atom. The second-order valence-electron chi connectivity index (χ2n) is 4.48. The summed E-state index contributed by atoms with van der Waals surface area (Å²) in [6.45, 7) is -0.550. The van der Waals surface area contributed by atoms with Crippen molar-refractivity contribution in [3.8, 4) is 0 Å². The largest absolute Gasteiger partial charge is 0.480 e. The van der Waals surface area contributed by atoms with Crippen molar-refractivity contribution in [3.05, 3.63) is 39.7 Å². The number of aliphatic carboxylic acids is 1. The number of benzene rings is 1. The minimum absolute atomic E-state index is 0.239. The molecule has 7 nitrogen and oxygen atoms in total. The normalized spacial score (nSPS) is 13.8. The van der Waals surface area contributed by atoms with Gasteiger partial charge < -0.3 is 10.0 Å². The number of halogens is 1. The lowest BCUT2D eigenvalue weighted by Gasteiger charge is -2.20. The lowest BCUT2D eigenvalue weighted by atomic mass is 10.1. The summed E-state index contributed by atoms with van der Waals surface area (Å²) in [5.74, 6) is -2.95. The van der Waals surface area contributed by atoms with E-state index in [0.29, 0.717) is 12.8 Å². The van der Waals surface area contributed by atoms with Crippen LogP contribution in [0.4, 0.5) is 10.1 Å². The van der Waals surface area contributed by atoms with Crippen LogP contribution in [0.2, 0.25) is 0 Å². The van der Waals surface area contributed by atoms with E-state index in [2.05, 4.69) is 0 Å². The highest BCUT2D eigenvalue weighted by molar-refractivity contribution is 5.97. The number of nitro benzene ring substituents is 1. The summed E-state index contributed by atoms with van der Waals surface area (Å²) in [6, 6.07) is 2.37. The fourth-order valence-electron chi connectivity index (χ4n) is 1.84. The Bertz CT molecular complexity index is 585. The van der Waals surface area contributed by atoms with Crippen LogP contribution in [0.5, 0.6) is 0 Å². The van der Waals surface area contributed by atoms with E-state index in [1.54, 1.807) is 0 Å². The van der Waals surface area contributed by atoms with Gasteiger partial charge in [-0.3, -0.25) is 19.7 Å². The smallest absolute Gasteiger partial charge is 0.323 e. The summed E-state index contributed by atoms with van der Waals surface area (Å²) in [4.78, 5) is 33.8. The van der Waals surface area contributed by atoms with Crippen LogP contribution in [0.1, 0.15) is 23.2 Å². The van der Waals surface area contributed by atoms with Gasteiger partial charge in [0.15, 0.2) is 0 Å². The first kappa shape index (κ1) is 13.9. The number of carboxylic acid groups (broad SMARTS) is 1. The van der Waals surface area contributed by atoms with Gasteiger partial charge in [0.1, 0.15) is 12.4 Å². The maximum Gasteiger partial charge on any atom is 0.323 e. The van der Waals surface area contributed by atoms with E-state index >= 15 is 0 Å². The molecular formula is C12H11FN2O5. The van der Waals surface area contributed by atoms with Gasteiger partial charge in [-0.2, -0.15) is 0 Å². The Labute approximate surface area is 112 Å². The van der Waals surface area contributed by atoms with Crippen LogP contribution in [0, 0.1) is 15.9 Å². The highest BCUT2D eigenvalue weighted by Crippen LogP contribution is 2.29. The number of rotatable bonds is 5. The van der Waals surface area contributed by atoms with Crippen molar-refractivity contribution in [3.63, 3.8) is 0 Å². The molecule has 0 saturated heterocycles. The van der Waals surface area contributed by atoms with Crippen LogP contribution in [0.3, 0.4) is 0 Å². The van der Waals surface area contributed by atoms with Gasteiger partial charge >= 0.3 is 5.97 Å². The zero-order valence-electron chi connectivity index (χ0n) is 10.3. The second kappa shape index (κ2) is 5.24. The molecule has 2 rings (SSSR count). The van der Waals surface area contributed by atoms with Crippen LogP contribution in [-0.2, 0) is 4.79 Å². The van der Waals surface area contributed by atoms with Gasteiger partial charge in [0, 0.05) is 18.2 Å². The van der Waals surface area contributed by atoms with Gasteiger partial charge in [-0.05, 0) is 18.9 Å². The minimum Gasteiger partial charge on any atom is -0.480 e. The first-order chi connectivity index (χ1) is 9.40. The van der Waals surface area contributed by atoms with Gasteiger partial charge in [0.2, 0.25) is 0 Å². The summed E-state index contributed by atoms with van der Waals surface area (Å²) >= 11 is 0. The van der Waals surface area contributed by atoms with E-state index in [-0.39, 0.29) is 6.04 Å². The fourth-order valence-corrected chi connectivity index (χ4v) is 1.84. The molecule has 0 radical (unpaired) electrons. The van der Waals surface area contributed by atoms with E-state index in [1.807, 2.05) is 0 Å². The molecule has 1 aliphatic carbocycles. The van der Waals surface area contributed by atoms with E-state index < -0.39 is 40.4 Å². The summed E-state index contributed by atoms with van der Waals surface area (Å²) in [5, 5.41) is 19.4. The molecule has 0 heterocycles. The molecule has 1 N–H and O–H groups in total. The van der Waals surface area contributed by atoms with Crippen LogP contribution in [-0.4, -0.2) is 39.4 Å². The molecule has 1 saturated carbocycles. The van der Waals surface area contributed by atoms with Crippen molar-refractivity contribution in [2.45, 2.75) is 18.9 Å². The molecule has 0 aromatic heterocycles. The predicted octanol–water partition coefficient (Wildman–Crippen LogP) is 1.42. The topological polar surface area (TPSA) is 101 Å². The molecule has 106 valence electrons. The molecule has 1 aromatic carbocycles. The van der Waals surface area contributed by atoms with Gasteiger partial charge in [-0.15, -0.1) is 0 Å². The van der Waals surface area contributed by atoms with Crippen LogP contribution >= 0.6 is 0 Å². The number of amides is 1. The van der Waals surface area contributed by atoms with E-state index in [0.717, 1.165) is 23.1 Å². The van der Waals surface area contributed by atoms with Crippen LogP contribution < -0.4 is 0 Å². The third-order valence-corrected chi connectivity index (χ3v) is 2.95. The molecule has 0 bridgehead atoms. The number of nitrogens with zero attached hydrogens (tertiary/aromatic N) is 2. The summed E-state index contributed by atoms with van der Waals surface area (Å²) in [7, 11) is 0. The molecule has 0 atom stereocenters. The molecule has 1 aromatic rings. The zero-order valence-corrected chi connectivity index (χ0v) is 10.3. The molecule has 1 fully saturated rings. The zero-order chi connectivity index (χ0) is 14.9. The van der Waals surface area contributed by atoms with Crippen molar-refractivity contribution in [1.29, 1.82) is 0 Å². The molecule has 0 spiro atoms. The Morgan fingerprint density at radius 1 is 1.45 bits per heavy atom. The molecule has 0 aliphatic heterocycles. The third kappa shape index (κ3) is 2.90. The van der Waals surface area contributed by atoms with E-state index in [4.69, 9.17) is 5.11 Å². The second-order valence-corrected chi connectivity index (χ2v) is 4.48. The van der Waals surface area contributed by atoms with Gasteiger partial charge in [0.05, 0.1) is 10.5 Å². The fraction of sp³-hybridized carbons (Fsp3) is 0.333.